The van der Waals surface area contributed by atoms with Gasteiger partial charge in [0.25, 0.3) is 11.8 Å². The Morgan fingerprint density at radius 1 is 0.737 bits per heavy atom. The van der Waals surface area contributed by atoms with E-state index in [0.29, 0.717) is 45.7 Å². The van der Waals surface area contributed by atoms with Gasteiger partial charge in [-0.15, -0.1) is 20.4 Å². The number of unbranched alkanes of at least 4 members (excludes halogenated alkanes) is 1. The summed E-state index contributed by atoms with van der Waals surface area (Å²) in [4.78, 5) is 33.2. The van der Waals surface area contributed by atoms with Gasteiger partial charge in [-0.05, 0) is 25.0 Å². The summed E-state index contributed by atoms with van der Waals surface area (Å²) in [6.45, 7) is 0.537. The molecule has 0 aliphatic carbocycles. The summed E-state index contributed by atoms with van der Waals surface area (Å²) in [5.41, 5.74) is 1.38. The Balaban J connectivity index is 1.16. The largest absolute Gasteiger partial charge is 0.497 e. The molecule has 0 fully saturated rings. The van der Waals surface area contributed by atoms with Crippen LogP contribution in [0.2, 0.25) is 0 Å². The van der Waals surface area contributed by atoms with Crippen molar-refractivity contribution < 1.29 is 19.1 Å². The summed E-state index contributed by atoms with van der Waals surface area (Å²) in [5, 5.41) is 24.1. The van der Waals surface area contributed by atoms with Crippen molar-refractivity contribution >= 4 is 34.5 Å². The van der Waals surface area contributed by atoms with E-state index in [0.717, 1.165) is 22.9 Å². The van der Waals surface area contributed by atoms with Gasteiger partial charge in [0.1, 0.15) is 21.5 Å². The van der Waals surface area contributed by atoms with Crippen LogP contribution in [-0.4, -0.2) is 56.4 Å². The van der Waals surface area contributed by atoms with Gasteiger partial charge in [-0.1, -0.05) is 22.7 Å². The molecule has 12 nitrogen and oxygen atoms in total. The van der Waals surface area contributed by atoms with Crippen molar-refractivity contribution in [2.75, 3.05) is 14.2 Å². The Bertz CT molecular complexity index is 1270. The minimum absolute atomic E-state index is 0.269. The van der Waals surface area contributed by atoms with Crippen LogP contribution in [0.3, 0.4) is 0 Å². The van der Waals surface area contributed by atoms with Crippen molar-refractivity contribution in [2.24, 2.45) is 0 Å². The Morgan fingerprint density at radius 3 is 1.61 bits per heavy atom. The Hall–Kier alpha value is -4.04. The fourth-order valence-corrected chi connectivity index (χ4v) is 4.89. The second-order valence-corrected chi connectivity index (χ2v) is 10.1. The predicted molar refractivity (Wildman–Crippen MR) is 140 cm³/mol. The van der Waals surface area contributed by atoms with E-state index in [1.165, 1.54) is 22.7 Å². The Morgan fingerprint density at radius 2 is 1.18 bits per heavy atom. The number of amides is 2. The maximum atomic E-state index is 12.4. The van der Waals surface area contributed by atoms with Gasteiger partial charge >= 0.3 is 0 Å². The molecule has 0 radical (unpaired) electrons. The minimum Gasteiger partial charge on any atom is -0.497 e. The molecule has 14 heteroatoms. The molecule has 0 saturated heterocycles. The lowest BCUT2D eigenvalue weighted by Crippen LogP contribution is -2.23. The molecule has 0 unspecified atom stereocenters. The lowest BCUT2D eigenvalue weighted by molar-refractivity contribution is 0.0941. The first-order valence-corrected chi connectivity index (χ1v) is 13.4. The van der Waals surface area contributed by atoms with Gasteiger partial charge in [0.05, 0.1) is 38.7 Å². The number of rotatable bonds is 13. The molecular weight excluding hydrogens is 528 g/mol. The van der Waals surface area contributed by atoms with E-state index in [4.69, 9.17) is 9.47 Å². The molecule has 2 amide bonds. The van der Waals surface area contributed by atoms with E-state index in [9.17, 15) is 9.59 Å². The van der Waals surface area contributed by atoms with Crippen molar-refractivity contribution in [1.82, 2.24) is 41.0 Å². The zero-order valence-corrected chi connectivity index (χ0v) is 22.5. The minimum atomic E-state index is -0.291. The van der Waals surface area contributed by atoms with Gasteiger partial charge in [0, 0.05) is 37.4 Å². The second-order valence-electron chi connectivity index (χ2n) is 7.95. The fourth-order valence-electron chi connectivity index (χ4n) is 3.30. The van der Waals surface area contributed by atoms with Crippen LogP contribution in [0, 0.1) is 0 Å². The number of methoxy groups -OCH3 is 2. The number of pyridine rings is 2. The van der Waals surface area contributed by atoms with Crippen molar-refractivity contribution in [3.05, 3.63) is 68.1 Å². The number of ether oxygens (including phenoxy) is 2. The second kappa shape index (κ2) is 13.5. The third kappa shape index (κ3) is 7.73. The van der Waals surface area contributed by atoms with Gasteiger partial charge in [-0.25, -0.2) is 0 Å². The van der Waals surface area contributed by atoms with E-state index in [2.05, 4.69) is 41.0 Å². The van der Waals surface area contributed by atoms with Crippen LogP contribution in [0.5, 0.6) is 11.5 Å². The van der Waals surface area contributed by atoms with Crippen LogP contribution in [0.15, 0.2) is 36.7 Å². The number of aromatic nitrogens is 6. The van der Waals surface area contributed by atoms with Crippen LogP contribution < -0.4 is 20.1 Å². The highest BCUT2D eigenvalue weighted by Gasteiger charge is 2.15. The normalized spacial score (nSPS) is 10.7. The summed E-state index contributed by atoms with van der Waals surface area (Å²) in [7, 11) is 3.16. The lowest BCUT2D eigenvalue weighted by atomic mass is 10.2. The molecule has 4 aromatic heterocycles. The maximum absolute atomic E-state index is 12.4. The van der Waals surface area contributed by atoms with Crippen LogP contribution in [-0.2, 0) is 25.9 Å². The topological polar surface area (TPSA) is 154 Å². The lowest BCUT2D eigenvalue weighted by Gasteiger charge is -2.04. The van der Waals surface area contributed by atoms with Crippen LogP contribution in [0.1, 0.15) is 53.8 Å². The predicted octanol–water partition coefficient (Wildman–Crippen LogP) is 2.62. The van der Waals surface area contributed by atoms with Crippen molar-refractivity contribution in [1.29, 1.82) is 0 Å². The molecular formula is C24H26N8O4S2. The van der Waals surface area contributed by atoms with Crippen molar-refractivity contribution in [3.8, 4) is 11.5 Å². The molecule has 0 saturated carbocycles. The number of nitrogens with zero attached hydrogens (tertiary/aromatic N) is 6. The van der Waals surface area contributed by atoms with Crippen LogP contribution in [0.25, 0.3) is 0 Å². The Kier molecular flexibility index (Phi) is 9.59. The van der Waals surface area contributed by atoms with Crippen LogP contribution >= 0.6 is 22.7 Å². The number of aryl methyl sites for hydroxylation is 2. The molecule has 4 rings (SSSR count). The fraction of sp³-hybridized carbons (Fsp3) is 0.333. The summed E-state index contributed by atoms with van der Waals surface area (Å²) in [6, 6.07) is 7.01. The number of hydrogen-bond donors (Lipinski definition) is 2. The first kappa shape index (κ1) is 27.0. The number of hydrogen-bond acceptors (Lipinski definition) is 12. The van der Waals surface area contributed by atoms with E-state index in [-0.39, 0.29) is 24.9 Å². The summed E-state index contributed by atoms with van der Waals surface area (Å²) < 4.78 is 10.3. The number of carbonyl (C=O) groups excluding carboxylic acids is 2. The molecule has 4 heterocycles. The third-order valence-electron chi connectivity index (χ3n) is 5.26. The quantitative estimate of drug-likeness (QED) is 0.236. The van der Waals surface area contributed by atoms with E-state index < -0.39 is 0 Å². The highest BCUT2D eigenvalue weighted by Crippen LogP contribution is 2.17. The molecule has 0 bridgehead atoms. The van der Waals surface area contributed by atoms with Gasteiger partial charge in [0.15, 0.2) is 0 Å². The molecule has 4 aromatic rings. The summed E-state index contributed by atoms with van der Waals surface area (Å²) >= 11 is 2.55. The molecule has 0 atom stereocenters. The molecule has 2 N–H and O–H groups in total. The van der Waals surface area contributed by atoms with Gasteiger partial charge in [-0.3, -0.25) is 19.6 Å². The zero-order valence-electron chi connectivity index (χ0n) is 20.8. The highest BCUT2D eigenvalue weighted by molar-refractivity contribution is 7.13. The molecule has 0 aromatic carbocycles. The molecule has 0 spiro atoms. The Labute approximate surface area is 226 Å². The van der Waals surface area contributed by atoms with Crippen LogP contribution in [0.4, 0.5) is 0 Å². The SMILES string of the molecule is COc1ccnc(CNC(=O)c2nnc(CCCCc3nnc(C(=O)NCc4cc(OC)ccn4)s3)s2)c1. The molecule has 198 valence electrons. The zero-order chi connectivity index (χ0) is 26.7. The summed E-state index contributed by atoms with van der Waals surface area (Å²) in [6.07, 6.45) is 6.33. The van der Waals surface area contributed by atoms with Crippen molar-refractivity contribution in [2.45, 2.75) is 38.8 Å². The average Bonchev–Trinajstić information content (AvgIpc) is 3.63. The molecule has 0 aliphatic heterocycles. The van der Waals surface area contributed by atoms with E-state index in [1.54, 1.807) is 50.9 Å². The van der Waals surface area contributed by atoms with Crippen molar-refractivity contribution in [3.63, 3.8) is 0 Å². The first-order valence-electron chi connectivity index (χ1n) is 11.7. The first-order chi connectivity index (χ1) is 18.5. The smallest absolute Gasteiger partial charge is 0.282 e. The van der Waals surface area contributed by atoms with Gasteiger partial charge < -0.3 is 20.1 Å². The van der Waals surface area contributed by atoms with Gasteiger partial charge in [0.2, 0.25) is 10.0 Å². The average molecular weight is 555 g/mol. The van der Waals surface area contributed by atoms with Gasteiger partial charge in [-0.2, -0.15) is 0 Å². The van der Waals surface area contributed by atoms with E-state index in [1.807, 2.05) is 0 Å². The maximum Gasteiger partial charge on any atom is 0.282 e. The molecule has 0 aliphatic rings. The standard InChI is InChI=1S/C24H26N8O4S2/c1-35-17-7-9-25-15(11-17)13-27-21(33)23-31-29-19(37-23)5-3-4-6-20-30-32-24(38-20)22(34)28-14-16-12-18(36-2)8-10-26-16/h7-12H,3-6,13-14H2,1-2H3,(H,27,33)(H,28,34). The number of nitrogens with one attached hydrogen (secondary N) is 2. The summed E-state index contributed by atoms with van der Waals surface area (Å²) in [5.74, 6) is 0.773. The molecule has 38 heavy (non-hydrogen) atoms. The monoisotopic (exact) mass is 554 g/mol. The third-order valence-corrected chi connectivity index (χ3v) is 7.22. The number of carbonyl (C=O) groups is 2. The van der Waals surface area contributed by atoms with E-state index >= 15 is 0 Å². The highest BCUT2D eigenvalue weighted by atomic mass is 32.1.